The van der Waals surface area contributed by atoms with E-state index in [1.165, 1.54) is 9.80 Å². The fraction of sp³-hybridized carbons (Fsp3) is 0.286. The van der Waals surface area contributed by atoms with E-state index < -0.39 is 23.9 Å². The number of aromatic nitrogens is 8. The molecule has 292 valence electrons. The van der Waals surface area contributed by atoms with E-state index in [2.05, 4.69) is 51.0 Å². The highest BCUT2D eigenvalue weighted by molar-refractivity contribution is 6.03. The summed E-state index contributed by atoms with van der Waals surface area (Å²) in [4.78, 5) is 71.8. The van der Waals surface area contributed by atoms with Crippen LogP contribution < -0.4 is 20.4 Å². The van der Waals surface area contributed by atoms with Crippen molar-refractivity contribution >= 4 is 35.3 Å². The molecule has 4 amide bonds. The minimum Gasteiger partial charge on any atom is -0.337 e. The molecule has 2 fully saturated rings. The lowest BCUT2D eigenvalue weighted by molar-refractivity contribution is -0.121. The van der Waals surface area contributed by atoms with Gasteiger partial charge in [0.25, 0.3) is 23.6 Å². The number of pyridine rings is 2. The fourth-order valence-electron chi connectivity index (χ4n) is 8.11. The molecule has 6 heterocycles. The van der Waals surface area contributed by atoms with Crippen LogP contribution in [0.25, 0.3) is 0 Å². The Morgan fingerprint density at radius 1 is 0.621 bits per heavy atom. The molecule has 0 radical (unpaired) electrons. The molecular weight excluding hydrogens is 737 g/mol. The largest absolute Gasteiger partial charge is 0.337 e. The lowest BCUT2D eigenvalue weighted by Crippen LogP contribution is -2.48. The normalized spacial score (nSPS) is 22.4. The van der Waals surface area contributed by atoms with Crippen LogP contribution in [-0.4, -0.2) is 90.1 Å². The molecule has 2 aliphatic carbocycles. The van der Waals surface area contributed by atoms with Gasteiger partial charge in [0.1, 0.15) is 35.4 Å². The molecule has 0 bridgehead atoms. The van der Waals surface area contributed by atoms with Gasteiger partial charge in [-0.1, -0.05) is 72.8 Å². The van der Waals surface area contributed by atoms with Gasteiger partial charge in [0.05, 0.1) is 0 Å². The van der Waals surface area contributed by atoms with E-state index in [9.17, 15) is 19.2 Å². The molecular formula is C42H40N12O4. The standard InChI is InChI=1S/2C21H20N6O2/c2*1-27-19-13(8-5-9-22-19)14-11-15(14)17(21(27)29)24-20(28)18-23-16(25-26-18)10-12-6-3-2-4-7-12/h2*2-9,14-15,17H,10-11H2,1H3,(H,24,28)(H,23,25,26)/t2*14-,15-,17-/m10/s1. The Hall–Kier alpha value is -7.10. The molecule has 58 heavy (non-hydrogen) atoms. The summed E-state index contributed by atoms with van der Waals surface area (Å²) in [5.41, 5.74) is 4.27. The number of benzene rings is 2. The van der Waals surface area contributed by atoms with Crippen LogP contribution in [0.4, 0.5) is 11.6 Å². The number of rotatable bonds is 8. The van der Waals surface area contributed by atoms with Crippen LogP contribution in [0.1, 0.15) is 79.8 Å². The number of likely N-dealkylation sites (N-methyl/N-ethyl adjacent to an activating group) is 2. The quantitative estimate of drug-likeness (QED) is 0.177. The van der Waals surface area contributed by atoms with E-state index in [1.807, 2.05) is 84.9 Å². The smallest absolute Gasteiger partial charge is 0.291 e. The maximum Gasteiger partial charge on any atom is 0.291 e. The molecule has 2 aromatic carbocycles. The van der Waals surface area contributed by atoms with E-state index in [1.54, 1.807) is 26.5 Å². The molecule has 2 saturated carbocycles. The van der Waals surface area contributed by atoms with Crippen LogP contribution in [0.3, 0.4) is 0 Å². The highest BCUT2D eigenvalue weighted by Gasteiger charge is 2.53. The molecule has 16 nitrogen and oxygen atoms in total. The van der Waals surface area contributed by atoms with Gasteiger partial charge < -0.3 is 10.6 Å². The van der Waals surface area contributed by atoms with Gasteiger partial charge in [-0.2, -0.15) is 0 Å². The lowest BCUT2D eigenvalue weighted by atomic mass is 10.1. The molecule has 0 spiro atoms. The molecule has 16 heteroatoms. The number of H-pyrrole nitrogens is 2. The molecule has 6 atom stereocenters. The average Bonchev–Trinajstić information content (AvgIpc) is 4.14. The van der Waals surface area contributed by atoms with Crippen molar-refractivity contribution < 1.29 is 19.2 Å². The van der Waals surface area contributed by atoms with Crippen LogP contribution in [0.2, 0.25) is 0 Å². The summed E-state index contributed by atoms with van der Waals surface area (Å²) in [5.74, 6) is 2.03. The molecule has 0 saturated heterocycles. The van der Waals surface area contributed by atoms with Gasteiger partial charge in [-0.05, 0) is 70.9 Å². The van der Waals surface area contributed by atoms with Crippen LogP contribution in [0.5, 0.6) is 0 Å². The number of aromatic amines is 2. The van der Waals surface area contributed by atoms with Crippen molar-refractivity contribution in [1.82, 2.24) is 51.0 Å². The SMILES string of the molecule is CN1C(=O)[C@@H](NC(=O)c2n[nH]c(Cc3ccccc3)n2)[C@H]2C[C@H]2c2cccnc21.CN1C(=O)[C@H](NC(=O)c2n[nH]c(Cc3ccccc3)n2)[C@@H]2C[C@@H]2c2cccnc21. The van der Waals surface area contributed by atoms with E-state index in [0.29, 0.717) is 36.1 Å². The Bertz CT molecular complexity index is 2330. The predicted octanol–water partition coefficient (Wildman–Crippen LogP) is 3.34. The molecule has 4 aromatic heterocycles. The molecule has 4 N–H and O–H groups in total. The lowest BCUT2D eigenvalue weighted by Gasteiger charge is -2.22. The van der Waals surface area contributed by atoms with E-state index in [-0.39, 0.29) is 47.1 Å². The Morgan fingerprint density at radius 2 is 1.03 bits per heavy atom. The van der Waals surface area contributed by atoms with Gasteiger partial charge >= 0.3 is 0 Å². The summed E-state index contributed by atoms with van der Waals surface area (Å²) in [5, 5.41) is 19.4. The first-order valence-corrected chi connectivity index (χ1v) is 19.2. The number of hydrogen-bond donors (Lipinski definition) is 4. The second-order valence-electron chi connectivity index (χ2n) is 15.1. The summed E-state index contributed by atoms with van der Waals surface area (Å²) >= 11 is 0. The van der Waals surface area contributed by atoms with E-state index in [0.717, 1.165) is 35.1 Å². The third-order valence-corrected chi connectivity index (χ3v) is 11.3. The monoisotopic (exact) mass is 776 g/mol. The van der Waals surface area contributed by atoms with Crippen LogP contribution in [0.15, 0.2) is 97.3 Å². The molecule has 6 aromatic rings. The van der Waals surface area contributed by atoms with Crippen molar-refractivity contribution in [3.8, 4) is 0 Å². The van der Waals surface area contributed by atoms with Crippen molar-refractivity contribution in [2.75, 3.05) is 23.9 Å². The first kappa shape index (κ1) is 36.5. The number of carbonyl (C=O) groups excluding carboxylic acids is 4. The minimum absolute atomic E-state index is 0.0449. The summed E-state index contributed by atoms with van der Waals surface area (Å²) in [6.45, 7) is 0. The Labute approximate surface area is 332 Å². The predicted molar refractivity (Wildman–Crippen MR) is 211 cm³/mol. The highest BCUT2D eigenvalue weighted by atomic mass is 16.2. The number of nitrogens with zero attached hydrogens (tertiary/aromatic N) is 8. The van der Waals surface area contributed by atoms with E-state index >= 15 is 0 Å². The summed E-state index contributed by atoms with van der Waals surface area (Å²) < 4.78 is 0. The Balaban J connectivity index is 0.000000150. The van der Waals surface area contributed by atoms with Crippen molar-refractivity contribution in [3.63, 3.8) is 0 Å². The number of nitrogens with one attached hydrogen (secondary N) is 4. The van der Waals surface area contributed by atoms with Crippen molar-refractivity contribution in [1.29, 1.82) is 0 Å². The van der Waals surface area contributed by atoms with E-state index in [4.69, 9.17) is 0 Å². The molecule has 2 aliphatic heterocycles. The number of hydrogen-bond acceptors (Lipinski definition) is 10. The maximum atomic E-state index is 13.0. The van der Waals surface area contributed by atoms with Crippen molar-refractivity contribution in [3.05, 3.63) is 143 Å². The minimum atomic E-state index is -0.609. The highest BCUT2D eigenvalue weighted by Crippen LogP contribution is 2.55. The summed E-state index contributed by atoms with van der Waals surface area (Å²) in [7, 11) is 3.39. The third kappa shape index (κ3) is 7.19. The third-order valence-electron chi connectivity index (χ3n) is 11.3. The molecule has 0 unspecified atom stereocenters. The first-order chi connectivity index (χ1) is 28.2. The van der Waals surface area contributed by atoms with Gasteiger partial charge in [0.15, 0.2) is 0 Å². The van der Waals surface area contributed by atoms with Gasteiger partial charge in [0.2, 0.25) is 11.6 Å². The van der Waals surface area contributed by atoms with Gasteiger partial charge in [0, 0.05) is 39.3 Å². The zero-order valence-corrected chi connectivity index (χ0v) is 31.7. The summed E-state index contributed by atoms with van der Waals surface area (Å²) in [6, 6.07) is 26.2. The molecule has 10 rings (SSSR count). The van der Waals surface area contributed by atoms with Crippen molar-refractivity contribution in [2.45, 2.75) is 49.6 Å². The average molecular weight is 777 g/mol. The topological polar surface area (TPSA) is 208 Å². The van der Waals surface area contributed by atoms with Crippen LogP contribution >= 0.6 is 0 Å². The summed E-state index contributed by atoms with van der Waals surface area (Å²) in [6.07, 6.45) is 6.18. The number of fused-ring (bicyclic) bond motifs is 6. The van der Waals surface area contributed by atoms with Crippen molar-refractivity contribution in [2.24, 2.45) is 11.8 Å². The van der Waals surface area contributed by atoms with Crippen LogP contribution in [-0.2, 0) is 22.4 Å². The Morgan fingerprint density at radius 3 is 1.45 bits per heavy atom. The Kier molecular flexibility index (Phi) is 9.51. The zero-order valence-electron chi connectivity index (χ0n) is 31.7. The second kappa shape index (κ2) is 15.1. The second-order valence-corrected chi connectivity index (χ2v) is 15.1. The number of carbonyl (C=O) groups is 4. The molecule has 4 aliphatic rings. The number of amides is 4. The zero-order chi connectivity index (χ0) is 39.9. The van der Waals surface area contributed by atoms with Gasteiger partial charge in [-0.15, -0.1) is 10.2 Å². The van der Waals surface area contributed by atoms with Gasteiger partial charge in [-0.3, -0.25) is 39.2 Å². The number of anilines is 2. The first-order valence-electron chi connectivity index (χ1n) is 19.2. The maximum absolute atomic E-state index is 13.0. The van der Waals surface area contributed by atoms with Gasteiger partial charge in [-0.25, -0.2) is 19.9 Å². The van der Waals surface area contributed by atoms with Crippen LogP contribution in [0, 0.1) is 11.8 Å². The fourth-order valence-corrected chi connectivity index (χ4v) is 8.11.